The smallest absolute Gasteiger partial charge is 0.324 e. The number of urea groups is 1. The van der Waals surface area contributed by atoms with Crippen LogP contribution in [0.2, 0.25) is 0 Å². The van der Waals surface area contributed by atoms with E-state index in [0.717, 1.165) is 0 Å². The Morgan fingerprint density at radius 3 is 2.38 bits per heavy atom. The second kappa shape index (κ2) is 6.56. The highest BCUT2D eigenvalue weighted by Gasteiger charge is 2.29. The first kappa shape index (κ1) is 16.9. The quantitative estimate of drug-likeness (QED) is 0.929. The maximum absolute atomic E-state index is 13.3. The molecule has 21 heavy (non-hydrogen) atoms. The van der Waals surface area contributed by atoms with Crippen LogP contribution in [0.15, 0.2) is 24.3 Å². The van der Waals surface area contributed by atoms with Gasteiger partial charge in [-0.1, -0.05) is 6.07 Å². The van der Waals surface area contributed by atoms with Crippen molar-refractivity contribution in [3.8, 4) is 0 Å². The Kier molecular flexibility index (Phi) is 5.29. The summed E-state index contributed by atoms with van der Waals surface area (Å²) in [4.78, 5) is 26.1. The van der Waals surface area contributed by atoms with E-state index < -0.39 is 17.3 Å². The number of carbonyl (C=O) groups excluding carboxylic acids is 1. The Labute approximate surface area is 124 Å². The fraction of sp³-hybridized carbons (Fsp3) is 0.467. The number of halogens is 1. The van der Waals surface area contributed by atoms with Gasteiger partial charge in [-0.05, 0) is 39.0 Å². The third-order valence-corrected chi connectivity index (χ3v) is 3.07. The standard InChI is InChI=1S/C15H21FN2O3/c1-15(2,3)18(9-8-13(19)20)14(21)17(4)12-7-5-6-11(16)10-12/h5-7,10H,8-9H2,1-4H3,(H,19,20). The minimum Gasteiger partial charge on any atom is -0.481 e. The minimum absolute atomic E-state index is 0.0946. The third-order valence-electron chi connectivity index (χ3n) is 3.07. The first-order chi connectivity index (χ1) is 9.62. The molecule has 0 spiro atoms. The molecule has 1 aromatic carbocycles. The van der Waals surface area contributed by atoms with E-state index in [1.807, 2.05) is 20.8 Å². The molecule has 0 aromatic heterocycles. The van der Waals surface area contributed by atoms with Crippen molar-refractivity contribution in [1.29, 1.82) is 0 Å². The van der Waals surface area contributed by atoms with Crippen molar-refractivity contribution in [3.63, 3.8) is 0 Å². The number of carboxylic acids is 1. The summed E-state index contributed by atoms with van der Waals surface area (Å²) < 4.78 is 13.3. The monoisotopic (exact) mass is 296 g/mol. The second-order valence-corrected chi connectivity index (χ2v) is 5.79. The molecule has 0 saturated carbocycles. The molecule has 2 amide bonds. The predicted molar refractivity (Wildman–Crippen MR) is 78.9 cm³/mol. The summed E-state index contributed by atoms with van der Waals surface area (Å²) in [5.74, 6) is -1.40. The van der Waals surface area contributed by atoms with E-state index in [9.17, 15) is 14.0 Å². The van der Waals surface area contributed by atoms with E-state index in [-0.39, 0.29) is 19.0 Å². The van der Waals surface area contributed by atoms with Gasteiger partial charge in [-0.2, -0.15) is 0 Å². The second-order valence-electron chi connectivity index (χ2n) is 5.79. The molecule has 0 saturated heterocycles. The van der Waals surface area contributed by atoms with Gasteiger partial charge in [0.1, 0.15) is 5.82 Å². The molecule has 0 aliphatic heterocycles. The van der Waals surface area contributed by atoms with Crippen molar-refractivity contribution >= 4 is 17.7 Å². The Balaban J connectivity index is 2.96. The average Bonchev–Trinajstić information content (AvgIpc) is 2.35. The van der Waals surface area contributed by atoms with Gasteiger partial charge in [-0.25, -0.2) is 9.18 Å². The first-order valence-corrected chi connectivity index (χ1v) is 6.65. The first-order valence-electron chi connectivity index (χ1n) is 6.65. The highest BCUT2D eigenvalue weighted by molar-refractivity contribution is 5.92. The van der Waals surface area contributed by atoms with Crippen molar-refractivity contribution in [3.05, 3.63) is 30.1 Å². The van der Waals surface area contributed by atoms with Crippen LogP contribution in [0.25, 0.3) is 0 Å². The van der Waals surface area contributed by atoms with Gasteiger partial charge in [-0.15, -0.1) is 0 Å². The molecule has 0 unspecified atom stereocenters. The maximum atomic E-state index is 13.3. The molecule has 0 fully saturated rings. The van der Waals surface area contributed by atoms with Crippen molar-refractivity contribution < 1.29 is 19.1 Å². The summed E-state index contributed by atoms with van der Waals surface area (Å²) in [6, 6.07) is 5.34. The normalized spacial score (nSPS) is 11.1. The number of nitrogens with zero attached hydrogens (tertiary/aromatic N) is 2. The van der Waals surface area contributed by atoms with Crippen LogP contribution in [0.4, 0.5) is 14.9 Å². The minimum atomic E-state index is -0.967. The van der Waals surface area contributed by atoms with Crippen LogP contribution in [0.5, 0.6) is 0 Å². The Hall–Kier alpha value is -2.11. The molecule has 0 heterocycles. The number of hydrogen-bond donors (Lipinski definition) is 1. The number of carboxylic acid groups (broad SMARTS) is 1. The number of anilines is 1. The zero-order valence-corrected chi connectivity index (χ0v) is 12.8. The molecule has 1 rings (SSSR count). The van der Waals surface area contributed by atoms with Gasteiger partial charge in [-0.3, -0.25) is 9.69 Å². The van der Waals surface area contributed by atoms with Crippen LogP contribution in [0, 0.1) is 5.82 Å². The zero-order valence-electron chi connectivity index (χ0n) is 12.8. The topological polar surface area (TPSA) is 60.9 Å². The number of amides is 2. The van der Waals surface area contributed by atoms with Gasteiger partial charge in [0.05, 0.1) is 6.42 Å². The van der Waals surface area contributed by atoms with Crippen LogP contribution < -0.4 is 4.90 Å². The summed E-state index contributed by atoms with van der Waals surface area (Å²) in [6.45, 7) is 5.57. The lowest BCUT2D eigenvalue weighted by Crippen LogP contribution is -2.51. The molecule has 0 aliphatic carbocycles. The molecular formula is C15H21FN2O3. The number of rotatable bonds is 4. The van der Waals surface area contributed by atoms with Crippen LogP contribution >= 0.6 is 0 Å². The highest BCUT2D eigenvalue weighted by Crippen LogP contribution is 2.20. The van der Waals surface area contributed by atoms with Gasteiger partial charge in [0, 0.05) is 24.8 Å². The Morgan fingerprint density at radius 1 is 1.29 bits per heavy atom. The predicted octanol–water partition coefficient (Wildman–Crippen LogP) is 2.96. The van der Waals surface area contributed by atoms with E-state index in [1.165, 1.54) is 35.0 Å². The molecule has 6 heteroatoms. The molecule has 0 radical (unpaired) electrons. The van der Waals surface area contributed by atoms with E-state index >= 15 is 0 Å². The maximum Gasteiger partial charge on any atom is 0.324 e. The average molecular weight is 296 g/mol. The van der Waals surface area contributed by atoms with Gasteiger partial charge in [0.25, 0.3) is 0 Å². The Morgan fingerprint density at radius 2 is 1.90 bits per heavy atom. The van der Waals surface area contributed by atoms with Gasteiger partial charge >= 0.3 is 12.0 Å². The Bertz CT molecular complexity index is 526. The van der Waals surface area contributed by atoms with E-state index in [4.69, 9.17) is 5.11 Å². The lowest BCUT2D eigenvalue weighted by molar-refractivity contribution is -0.137. The number of carbonyl (C=O) groups is 2. The van der Waals surface area contributed by atoms with E-state index in [0.29, 0.717) is 5.69 Å². The number of aliphatic carboxylic acids is 1. The summed E-state index contributed by atoms with van der Waals surface area (Å²) in [5.41, 5.74) is -0.113. The van der Waals surface area contributed by atoms with Crippen molar-refractivity contribution in [2.45, 2.75) is 32.7 Å². The molecule has 5 nitrogen and oxygen atoms in total. The van der Waals surface area contributed by atoms with Crippen molar-refractivity contribution in [2.75, 3.05) is 18.5 Å². The third kappa shape index (κ3) is 4.73. The van der Waals surface area contributed by atoms with Gasteiger partial charge < -0.3 is 10.0 Å². The van der Waals surface area contributed by atoms with Gasteiger partial charge in [0.15, 0.2) is 0 Å². The van der Waals surface area contributed by atoms with Crippen molar-refractivity contribution in [2.24, 2.45) is 0 Å². The van der Waals surface area contributed by atoms with Crippen LogP contribution in [0.3, 0.4) is 0 Å². The lowest BCUT2D eigenvalue weighted by Gasteiger charge is -2.38. The summed E-state index contributed by atoms with van der Waals surface area (Å²) in [5, 5.41) is 8.80. The van der Waals surface area contributed by atoms with Crippen LogP contribution in [0.1, 0.15) is 27.2 Å². The van der Waals surface area contributed by atoms with Crippen LogP contribution in [-0.4, -0.2) is 41.1 Å². The van der Waals surface area contributed by atoms with Crippen molar-refractivity contribution in [1.82, 2.24) is 4.90 Å². The number of hydrogen-bond acceptors (Lipinski definition) is 2. The fourth-order valence-electron chi connectivity index (χ4n) is 1.90. The lowest BCUT2D eigenvalue weighted by atomic mass is 10.1. The summed E-state index contributed by atoms with van der Waals surface area (Å²) in [6.07, 6.45) is -0.139. The molecule has 1 aromatic rings. The largest absolute Gasteiger partial charge is 0.481 e. The molecule has 116 valence electrons. The number of benzene rings is 1. The molecule has 0 bridgehead atoms. The fourth-order valence-corrected chi connectivity index (χ4v) is 1.90. The van der Waals surface area contributed by atoms with Crippen LogP contribution in [-0.2, 0) is 4.79 Å². The molecular weight excluding hydrogens is 275 g/mol. The van der Waals surface area contributed by atoms with E-state index in [1.54, 1.807) is 6.07 Å². The molecule has 0 atom stereocenters. The summed E-state index contributed by atoms with van der Waals surface area (Å²) in [7, 11) is 1.54. The highest BCUT2D eigenvalue weighted by atomic mass is 19.1. The van der Waals surface area contributed by atoms with E-state index in [2.05, 4.69) is 0 Å². The molecule has 1 N–H and O–H groups in total. The van der Waals surface area contributed by atoms with Gasteiger partial charge in [0.2, 0.25) is 0 Å². The SMILES string of the molecule is CN(C(=O)N(CCC(=O)O)C(C)(C)C)c1cccc(F)c1. The molecule has 0 aliphatic rings. The zero-order chi connectivity index (χ0) is 16.2. The summed E-state index contributed by atoms with van der Waals surface area (Å²) >= 11 is 0.